The highest BCUT2D eigenvalue weighted by atomic mass is 32.2. The second-order valence-electron chi connectivity index (χ2n) is 2.56. The fraction of sp³-hybridized carbons (Fsp3) is 0.250. The number of carbonyl (C=O) groups excluding carboxylic acids is 2. The van der Waals surface area contributed by atoms with Gasteiger partial charge in [0.05, 0.1) is 12.3 Å². The van der Waals surface area contributed by atoms with Crippen molar-refractivity contribution in [2.75, 3.05) is 12.3 Å². The molecule has 0 aliphatic carbocycles. The average molecular weight is 226 g/mol. The Kier molecular flexibility index (Phi) is 4.55. The highest BCUT2D eigenvalue weighted by Crippen LogP contribution is 2.09. The smallest absolute Gasteiger partial charge is 0.236 e. The van der Waals surface area contributed by atoms with E-state index in [-0.39, 0.29) is 18.2 Å². The largest absolute Gasteiger partial charge is 0.368 e. The van der Waals surface area contributed by atoms with Gasteiger partial charge in [0.1, 0.15) is 0 Å². The number of hydrogen-bond acceptors (Lipinski definition) is 5. The van der Waals surface area contributed by atoms with Crippen LogP contribution in [-0.4, -0.2) is 34.1 Å². The van der Waals surface area contributed by atoms with Gasteiger partial charge in [-0.15, -0.1) is 0 Å². The van der Waals surface area contributed by atoms with Gasteiger partial charge in [0, 0.05) is 12.4 Å². The standard InChI is InChI=1S/C8H10N4O2S/c9-6(13)4-12-7(14)5-15-8-10-2-1-3-11-8/h1-3H,4-5H2,(H2,9,13)(H,12,14). The van der Waals surface area contributed by atoms with Crippen molar-refractivity contribution < 1.29 is 9.59 Å². The van der Waals surface area contributed by atoms with Crippen LogP contribution in [0.15, 0.2) is 23.6 Å². The average Bonchev–Trinajstić information content (AvgIpc) is 2.25. The highest BCUT2D eigenvalue weighted by molar-refractivity contribution is 7.99. The Morgan fingerprint density at radius 1 is 1.40 bits per heavy atom. The van der Waals surface area contributed by atoms with Gasteiger partial charge in [-0.25, -0.2) is 9.97 Å². The number of primary amides is 1. The van der Waals surface area contributed by atoms with Crippen LogP contribution in [0.3, 0.4) is 0 Å². The van der Waals surface area contributed by atoms with Crippen LogP contribution in [0.5, 0.6) is 0 Å². The molecule has 0 fully saturated rings. The van der Waals surface area contributed by atoms with Crippen LogP contribution in [0.4, 0.5) is 0 Å². The first-order chi connectivity index (χ1) is 7.18. The Morgan fingerprint density at radius 3 is 2.67 bits per heavy atom. The van der Waals surface area contributed by atoms with Gasteiger partial charge in [0.25, 0.3) is 0 Å². The summed E-state index contributed by atoms with van der Waals surface area (Å²) in [6.07, 6.45) is 3.19. The normalized spacial score (nSPS) is 9.60. The lowest BCUT2D eigenvalue weighted by molar-refractivity contribution is -0.123. The molecule has 0 aromatic carbocycles. The molecule has 7 heteroatoms. The van der Waals surface area contributed by atoms with E-state index in [0.29, 0.717) is 5.16 Å². The zero-order valence-corrected chi connectivity index (χ0v) is 8.66. The van der Waals surface area contributed by atoms with Gasteiger partial charge >= 0.3 is 0 Å². The van der Waals surface area contributed by atoms with Crippen molar-refractivity contribution in [1.82, 2.24) is 15.3 Å². The molecule has 80 valence electrons. The summed E-state index contributed by atoms with van der Waals surface area (Å²) in [6.45, 7) is -0.144. The molecule has 0 aliphatic heterocycles. The molecular weight excluding hydrogens is 216 g/mol. The Labute approximate surface area is 90.7 Å². The van der Waals surface area contributed by atoms with Gasteiger partial charge in [-0.1, -0.05) is 11.8 Å². The summed E-state index contributed by atoms with van der Waals surface area (Å²) < 4.78 is 0. The van der Waals surface area contributed by atoms with Gasteiger partial charge in [0.2, 0.25) is 11.8 Å². The molecule has 0 unspecified atom stereocenters. The van der Waals surface area contributed by atoms with Crippen LogP contribution >= 0.6 is 11.8 Å². The van der Waals surface area contributed by atoms with Crippen LogP contribution in [-0.2, 0) is 9.59 Å². The summed E-state index contributed by atoms with van der Waals surface area (Å²) in [5.41, 5.74) is 4.86. The number of aromatic nitrogens is 2. The van der Waals surface area contributed by atoms with E-state index in [0.717, 1.165) is 0 Å². The zero-order chi connectivity index (χ0) is 11.1. The summed E-state index contributed by atoms with van der Waals surface area (Å²) in [7, 11) is 0. The van der Waals surface area contributed by atoms with Crippen molar-refractivity contribution in [3.8, 4) is 0 Å². The molecular formula is C8H10N4O2S. The van der Waals surface area contributed by atoms with Crippen LogP contribution < -0.4 is 11.1 Å². The quantitative estimate of drug-likeness (QED) is 0.504. The Hall–Kier alpha value is -1.63. The summed E-state index contributed by atoms with van der Waals surface area (Å²) in [5.74, 6) is -0.673. The summed E-state index contributed by atoms with van der Waals surface area (Å²) in [5, 5.41) is 2.88. The van der Waals surface area contributed by atoms with Gasteiger partial charge in [-0.3, -0.25) is 9.59 Å². The Balaban J connectivity index is 2.26. The van der Waals surface area contributed by atoms with Crippen molar-refractivity contribution in [1.29, 1.82) is 0 Å². The molecule has 1 aromatic rings. The molecule has 1 aromatic heterocycles. The minimum Gasteiger partial charge on any atom is -0.368 e. The molecule has 3 N–H and O–H groups in total. The number of nitrogens with one attached hydrogen (secondary N) is 1. The molecule has 1 heterocycles. The van der Waals surface area contributed by atoms with Crippen LogP contribution in [0.25, 0.3) is 0 Å². The number of nitrogens with zero attached hydrogens (tertiary/aromatic N) is 2. The molecule has 0 radical (unpaired) electrons. The number of hydrogen-bond donors (Lipinski definition) is 2. The Bertz CT molecular complexity index is 344. The molecule has 1 rings (SSSR count). The molecule has 0 aliphatic rings. The molecule has 2 amide bonds. The second-order valence-corrected chi connectivity index (χ2v) is 3.51. The number of amides is 2. The summed E-state index contributed by atoms with van der Waals surface area (Å²) >= 11 is 1.19. The predicted octanol–water partition coefficient (Wildman–Crippen LogP) is -0.830. The highest BCUT2D eigenvalue weighted by Gasteiger charge is 2.04. The third-order valence-electron chi connectivity index (χ3n) is 1.33. The monoisotopic (exact) mass is 226 g/mol. The number of nitrogens with two attached hydrogens (primary N) is 1. The van der Waals surface area contributed by atoms with Gasteiger partial charge in [0.15, 0.2) is 5.16 Å². The van der Waals surface area contributed by atoms with Crippen molar-refractivity contribution in [2.45, 2.75) is 5.16 Å². The van der Waals surface area contributed by atoms with Crippen molar-refractivity contribution in [3.05, 3.63) is 18.5 Å². The van der Waals surface area contributed by atoms with E-state index in [1.165, 1.54) is 11.8 Å². The first-order valence-electron chi connectivity index (χ1n) is 4.13. The Morgan fingerprint density at radius 2 is 2.07 bits per heavy atom. The maximum absolute atomic E-state index is 11.1. The van der Waals surface area contributed by atoms with E-state index in [9.17, 15) is 9.59 Å². The van der Waals surface area contributed by atoms with E-state index in [1.807, 2.05) is 0 Å². The van der Waals surface area contributed by atoms with E-state index >= 15 is 0 Å². The lowest BCUT2D eigenvalue weighted by Gasteiger charge is -2.01. The van der Waals surface area contributed by atoms with E-state index < -0.39 is 5.91 Å². The van der Waals surface area contributed by atoms with E-state index in [1.54, 1.807) is 18.5 Å². The molecule has 15 heavy (non-hydrogen) atoms. The van der Waals surface area contributed by atoms with Crippen LogP contribution in [0.2, 0.25) is 0 Å². The van der Waals surface area contributed by atoms with E-state index in [2.05, 4.69) is 15.3 Å². The number of thioether (sulfide) groups is 1. The first kappa shape index (κ1) is 11.4. The third kappa shape index (κ3) is 4.96. The van der Waals surface area contributed by atoms with Gasteiger partial charge in [-0.05, 0) is 6.07 Å². The van der Waals surface area contributed by atoms with Crippen molar-refractivity contribution >= 4 is 23.6 Å². The van der Waals surface area contributed by atoms with Crippen molar-refractivity contribution in [3.63, 3.8) is 0 Å². The van der Waals surface area contributed by atoms with E-state index in [4.69, 9.17) is 5.73 Å². The molecule has 0 saturated heterocycles. The maximum atomic E-state index is 11.1. The number of carbonyl (C=O) groups is 2. The molecule has 0 atom stereocenters. The lowest BCUT2D eigenvalue weighted by atomic mass is 10.6. The summed E-state index contributed by atoms with van der Waals surface area (Å²) in [4.78, 5) is 29.3. The minimum absolute atomic E-state index is 0.144. The summed E-state index contributed by atoms with van der Waals surface area (Å²) in [6, 6.07) is 1.69. The lowest BCUT2D eigenvalue weighted by Crippen LogP contribution is -2.34. The maximum Gasteiger partial charge on any atom is 0.236 e. The minimum atomic E-state index is -0.565. The fourth-order valence-corrected chi connectivity index (χ4v) is 1.36. The zero-order valence-electron chi connectivity index (χ0n) is 7.84. The van der Waals surface area contributed by atoms with Crippen LogP contribution in [0, 0.1) is 0 Å². The molecule has 0 bridgehead atoms. The second kappa shape index (κ2) is 5.97. The van der Waals surface area contributed by atoms with Crippen LogP contribution in [0.1, 0.15) is 0 Å². The van der Waals surface area contributed by atoms with Gasteiger partial charge < -0.3 is 11.1 Å². The third-order valence-corrected chi connectivity index (χ3v) is 2.21. The predicted molar refractivity (Wildman–Crippen MR) is 55.0 cm³/mol. The topological polar surface area (TPSA) is 98.0 Å². The van der Waals surface area contributed by atoms with Crippen molar-refractivity contribution in [2.24, 2.45) is 5.73 Å². The SMILES string of the molecule is NC(=O)CNC(=O)CSc1ncccn1. The fourth-order valence-electron chi connectivity index (χ4n) is 0.727. The molecule has 6 nitrogen and oxygen atoms in total. The van der Waals surface area contributed by atoms with Gasteiger partial charge in [-0.2, -0.15) is 0 Å². The molecule has 0 saturated carbocycles. The number of rotatable bonds is 5. The first-order valence-corrected chi connectivity index (χ1v) is 5.12. The molecule has 0 spiro atoms.